The van der Waals surface area contributed by atoms with E-state index in [4.69, 9.17) is 5.11 Å². The fraction of sp³-hybridized carbons (Fsp3) is 0.667. The second-order valence-electron chi connectivity index (χ2n) is 4.94. The standard InChI is InChI=1S/C6H7N3O4.C6H10/c1-2-8-5(6(10)11)4(3-7-8)9(12)13;1-2-5-4-6(5)3-1/h3H,2H2,1H3,(H,10,11);5-6H,1-4H2. The lowest BCUT2D eigenvalue weighted by atomic mass is 10.3. The Morgan fingerprint density at radius 3 is 2.53 bits per heavy atom. The number of aromatic carboxylic acids is 1. The van der Waals surface area contributed by atoms with Gasteiger partial charge in [-0.3, -0.25) is 14.8 Å². The van der Waals surface area contributed by atoms with E-state index in [0.29, 0.717) is 0 Å². The molecule has 7 heteroatoms. The third kappa shape index (κ3) is 2.91. The summed E-state index contributed by atoms with van der Waals surface area (Å²) in [4.78, 5) is 20.2. The molecule has 0 spiro atoms. The van der Waals surface area contributed by atoms with Gasteiger partial charge in [-0.05, 0) is 25.2 Å². The van der Waals surface area contributed by atoms with Gasteiger partial charge in [0, 0.05) is 6.54 Å². The van der Waals surface area contributed by atoms with Gasteiger partial charge in [0.2, 0.25) is 5.69 Å². The van der Waals surface area contributed by atoms with E-state index in [1.165, 1.54) is 18.3 Å². The summed E-state index contributed by atoms with van der Waals surface area (Å²) in [5, 5.41) is 22.6. The summed E-state index contributed by atoms with van der Waals surface area (Å²) in [5.41, 5.74) is -0.859. The van der Waals surface area contributed by atoms with Crippen LogP contribution in [0.1, 0.15) is 43.1 Å². The van der Waals surface area contributed by atoms with E-state index < -0.39 is 16.6 Å². The molecule has 0 radical (unpaired) electrons. The number of nitro groups is 1. The SMILES string of the molecule is C1CC2CC2C1.CCn1ncc([N+](=O)[O-])c1C(=O)O. The molecule has 0 aliphatic heterocycles. The van der Waals surface area contributed by atoms with Crippen LogP contribution in [0.3, 0.4) is 0 Å². The molecule has 0 amide bonds. The normalized spacial score (nSPS) is 23.2. The largest absolute Gasteiger partial charge is 0.476 e. The molecule has 1 aromatic heterocycles. The van der Waals surface area contributed by atoms with Crippen LogP contribution in [0.25, 0.3) is 0 Å². The molecule has 19 heavy (non-hydrogen) atoms. The first-order chi connectivity index (χ1) is 9.04. The van der Waals surface area contributed by atoms with Gasteiger partial charge in [0.1, 0.15) is 6.20 Å². The lowest BCUT2D eigenvalue weighted by Gasteiger charge is -1.97. The predicted octanol–water partition coefficient (Wildman–Crippen LogP) is 2.32. The van der Waals surface area contributed by atoms with Crippen LogP contribution >= 0.6 is 0 Å². The maximum absolute atomic E-state index is 10.6. The molecule has 0 aromatic carbocycles. The topological polar surface area (TPSA) is 98.3 Å². The molecule has 1 heterocycles. The highest BCUT2D eigenvalue weighted by molar-refractivity contribution is 5.90. The zero-order valence-corrected chi connectivity index (χ0v) is 10.8. The molecular formula is C12H17N3O4. The summed E-state index contributed by atoms with van der Waals surface area (Å²) in [5.74, 6) is 1.08. The van der Waals surface area contributed by atoms with Crippen LogP contribution < -0.4 is 0 Å². The molecule has 1 aromatic rings. The van der Waals surface area contributed by atoms with Crippen LogP contribution in [-0.2, 0) is 6.54 Å². The molecule has 7 nitrogen and oxygen atoms in total. The highest BCUT2D eigenvalue weighted by Gasteiger charge is 2.40. The van der Waals surface area contributed by atoms with Crippen molar-refractivity contribution in [2.75, 3.05) is 0 Å². The summed E-state index contributed by atoms with van der Waals surface area (Å²) in [6.07, 6.45) is 7.18. The first-order valence-electron chi connectivity index (χ1n) is 6.48. The Kier molecular flexibility index (Phi) is 3.82. The molecule has 0 saturated heterocycles. The van der Waals surface area contributed by atoms with Crippen LogP contribution in [0.15, 0.2) is 6.20 Å². The molecular weight excluding hydrogens is 250 g/mol. The molecule has 104 valence electrons. The predicted molar refractivity (Wildman–Crippen MR) is 67.0 cm³/mol. The first-order valence-corrected chi connectivity index (χ1v) is 6.48. The maximum atomic E-state index is 10.6. The van der Waals surface area contributed by atoms with Gasteiger partial charge >= 0.3 is 11.7 Å². The van der Waals surface area contributed by atoms with Gasteiger partial charge < -0.3 is 5.11 Å². The third-order valence-corrected chi connectivity index (χ3v) is 3.74. The second-order valence-corrected chi connectivity index (χ2v) is 4.94. The maximum Gasteiger partial charge on any atom is 0.361 e. The van der Waals surface area contributed by atoms with Crippen molar-refractivity contribution in [3.8, 4) is 0 Å². The van der Waals surface area contributed by atoms with Gasteiger partial charge in [-0.25, -0.2) is 4.79 Å². The average molecular weight is 267 g/mol. The Morgan fingerprint density at radius 2 is 2.21 bits per heavy atom. The molecule has 2 aliphatic carbocycles. The number of hydrogen-bond donors (Lipinski definition) is 1. The van der Waals surface area contributed by atoms with E-state index in [2.05, 4.69) is 5.10 Å². The van der Waals surface area contributed by atoms with Gasteiger partial charge in [-0.15, -0.1) is 0 Å². The number of fused-ring (bicyclic) bond motifs is 1. The van der Waals surface area contributed by atoms with Crippen molar-refractivity contribution in [3.63, 3.8) is 0 Å². The van der Waals surface area contributed by atoms with Gasteiger partial charge in [0.15, 0.2) is 0 Å². The number of aromatic nitrogens is 2. The molecule has 2 fully saturated rings. The van der Waals surface area contributed by atoms with Crippen molar-refractivity contribution in [1.82, 2.24) is 9.78 Å². The van der Waals surface area contributed by atoms with Crippen LogP contribution in [0, 0.1) is 22.0 Å². The number of rotatable bonds is 3. The lowest BCUT2D eigenvalue weighted by Crippen LogP contribution is -2.10. The monoisotopic (exact) mass is 267 g/mol. The van der Waals surface area contributed by atoms with E-state index in [9.17, 15) is 14.9 Å². The molecule has 2 unspecified atom stereocenters. The molecule has 2 saturated carbocycles. The third-order valence-electron chi connectivity index (χ3n) is 3.74. The quantitative estimate of drug-likeness (QED) is 0.669. The molecule has 1 N–H and O–H groups in total. The minimum absolute atomic E-state index is 0.287. The summed E-state index contributed by atoms with van der Waals surface area (Å²) >= 11 is 0. The Balaban J connectivity index is 0.000000180. The van der Waals surface area contributed by atoms with E-state index in [-0.39, 0.29) is 12.2 Å². The summed E-state index contributed by atoms with van der Waals surface area (Å²) in [6, 6.07) is 0. The first kappa shape index (κ1) is 13.5. The Labute approximate surface area is 110 Å². The van der Waals surface area contributed by atoms with E-state index in [1.54, 1.807) is 26.2 Å². The average Bonchev–Trinajstić information content (AvgIpc) is 2.81. The fourth-order valence-corrected chi connectivity index (χ4v) is 2.63. The number of nitrogens with zero attached hydrogens (tertiary/aromatic N) is 3. The number of carboxylic acid groups (broad SMARTS) is 1. The van der Waals surface area contributed by atoms with Crippen molar-refractivity contribution >= 4 is 11.7 Å². The highest BCUT2D eigenvalue weighted by atomic mass is 16.6. The van der Waals surface area contributed by atoms with Gasteiger partial charge in [0.05, 0.1) is 4.92 Å². The van der Waals surface area contributed by atoms with Crippen LogP contribution in [0.4, 0.5) is 5.69 Å². The number of hydrogen-bond acceptors (Lipinski definition) is 4. The van der Waals surface area contributed by atoms with Crippen molar-refractivity contribution in [2.45, 2.75) is 39.2 Å². The van der Waals surface area contributed by atoms with Gasteiger partial charge in [-0.1, -0.05) is 19.3 Å². The van der Waals surface area contributed by atoms with Crippen LogP contribution in [0.5, 0.6) is 0 Å². The van der Waals surface area contributed by atoms with Crippen molar-refractivity contribution in [1.29, 1.82) is 0 Å². The highest BCUT2D eigenvalue weighted by Crippen LogP contribution is 2.51. The zero-order chi connectivity index (χ0) is 14.0. The molecule has 0 bridgehead atoms. The van der Waals surface area contributed by atoms with E-state index >= 15 is 0 Å². The van der Waals surface area contributed by atoms with Crippen molar-refractivity contribution in [3.05, 3.63) is 22.0 Å². The summed E-state index contributed by atoms with van der Waals surface area (Å²) in [6.45, 7) is 1.94. The van der Waals surface area contributed by atoms with Crippen molar-refractivity contribution in [2.24, 2.45) is 11.8 Å². The molecule has 2 aliphatic rings. The Hall–Kier alpha value is -1.92. The van der Waals surface area contributed by atoms with E-state index in [1.807, 2.05) is 0 Å². The Morgan fingerprint density at radius 1 is 1.58 bits per heavy atom. The van der Waals surface area contributed by atoms with Gasteiger partial charge in [0.25, 0.3) is 0 Å². The second kappa shape index (κ2) is 5.38. The van der Waals surface area contributed by atoms with E-state index in [0.717, 1.165) is 10.9 Å². The van der Waals surface area contributed by atoms with Crippen molar-refractivity contribution < 1.29 is 14.8 Å². The van der Waals surface area contributed by atoms with Gasteiger partial charge in [-0.2, -0.15) is 5.10 Å². The molecule has 3 rings (SSSR count). The number of carbonyl (C=O) groups is 1. The van der Waals surface area contributed by atoms with Crippen LogP contribution in [0.2, 0.25) is 0 Å². The summed E-state index contributed by atoms with van der Waals surface area (Å²) in [7, 11) is 0. The Bertz CT molecular complexity index is 489. The minimum atomic E-state index is -1.34. The number of aryl methyl sites for hydroxylation is 1. The number of carboxylic acids is 1. The smallest absolute Gasteiger partial charge is 0.361 e. The summed E-state index contributed by atoms with van der Waals surface area (Å²) < 4.78 is 1.07. The zero-order valence-electron chi connectivity index (χ0n) is 10.8. The van der Waals surface area contributed by atoms with Crippen LogP contribution in [-0.4, -0.2) is 25.8 Å². The minimum Gasteiger partial charge on any atom is -0.476 e. The lowest BCUT2D eigenvalue weighted by molar-refractivity contribution is -0.385. The fourth-order valence-electron chi connectivity index (χ4n) is 2.63. The molecule has 2 atom stereocenters.